The van der Waals surface area contributed by atoms with Gasteiger partial charge in [0.1, 0.15) is 0 Å². The Morgan fingerprint density at radius 1 is 1.36 bits per heavy atom. The summed E-state index contributed by atoms with van der Waals surface area (Å²) < 4.78 is 0. The van der Waals surface area contributed by atoms with Crippen molar-refractivity contribution in [3.8, 4) is 11.3 Å². The van der Waals surface area contributed by atoms with E-state index in [1.807, 2.05) is 24.5 Å². The Kier molecular flexibility index (Phi) is 3.81. The number of fused-ring (bicyclic) bond motifs is 1. The maximum absolute atomic E-state index is 12.4. The fraction of sp³-hybridized carbons (Fsp3) is 0.200. The topological polar surface area (TPSA) is 83.4 Å². The Balaban J connectivity index is 2.12. The normalized spacial score (nSPS) is 13.9. The van der Waals surface area contributed by atoms with E-state index >= 15 is 0 Å². The Labute approximate surface area is 131 Å². The minimum Gasteiger partial charge on any atom is -0.465 e. The zero-order valence-electron chi connectivity index (χ0n) is 11.8. The van der Waals surface area contributed by atoms with Gasteiger partial charge in [-0.25, -0.2) is 9.69 Å². The van der Waals surface area contributed by atoms with Gasteiger partial charge in [-0.3, -0.25) is 14.8 Å². The second-order valence-corrected chi connectivity index (χ2v) is 5.60. The number of carboxylic acid groups (broad SMARTS) is 1. The molecule has 0 saturated heterocycles. The van der Waals surface area contributed by atoms with E-state index in [4.69, 9.17) is 5.11 Å². The van der Waals surface area contributed by atoms with E-state index in [2.05, 4.69) is 9.97 Å². The van der Waals surface area contributed by atoms with Crippen molar-refractivity contribution >= 4 is 23.8 Å². The first-order chi connectivity index (χ1) is 10.6. The van der Waals surface area contributed by atoms with Crippen molar-refractivity contribution in [1.82, 2.24) is 14.9 Å². The molecule has 3 heterocycles. The quantitative estimate of drug-likeness (QED) is 0.857. The first-order valence-electron chi connectivity index (χ1n) is 6.65. The molecule has 0 aliphatic carbocycles. The standard InChI is InChI=1S/C15H13N3O3S/c1-22-12-8-11(9-2-5-16-6-3-9)17-10-4-7-18(15(20)21)14(19)13(10)12/h2-3,5-6,8H,4,7H2,1H3,(H,20,21). The minimum atomic E-state index is -1.22. The third-order valence-electron chi connectivity index (χ3n) is 3.52. The molecule has 0 bridgehead atoms. The largest absolute Gasteiger partial charge is 0.465 e. The summed E-state index contributed by atoms with van der Waals surface area (Å²) in [5.74, 6) is -0.494. The fourth-order valence-electron chi connectivity index (χ4n) is 2.45. The van der Waals surface area contributed by atoms with Crippen molar-refractivity contribution in [3.05, 3.63) is 41.9 Å². The highest BCUT2D eigenvalue weighted by Gasteiger charge is 2.32. The number of imide groups is 1. The highest BCUT2D eigenvalue weighted by Crippen LogP contribution is 2.31. The van der Waals surface area contributed by atoms with E-state index in [1.54, 1.807) is 12.4 Å². The van der Waals surface area contributed by atoms with Gasteiger partial charge in [-0.1, -0.05) is 0 Å². The number of hydrogen-bond acceptors (Lipinski definition) is 5. The molecule has 0 saturated carbocycles. The second-order valence-electron chi connectivity index (χ2n) is 4.76. The Bertz CT molecular complexity index is 732. The molecule has 0 atom stereocenters. The van der Waals surface area contributed by atoms with Crippen molar-refractivity contribution in [2.24, 2.45) is 0 Å². The van der Waals surface area contributed by atoms with Crippen LogP contribution in [0.5, 0.6) is 0 Å². The molecule has 2 aromatic heterocycles. The molecule has 1 N–H and O–H groups in total. The van der Waals surface area contributed by atoms with Gasteiger partial charge in [0.05, 0.1) is 17.0 Å². The monoisotopic (exact) mass is 315 g/mol. The van der Waals surface area contributed by atoms with Crippen LogP contribution in [0.25, 0.3) is 11.3 Å². The first kappa shape index (κ1) is 14.5. The molecule has 0 fully saturated rings. The number of thioether (sulfide) groups is 1. The van der Waals surface area contributed by atoms with Crippen LogP contribution in [0.1, 0.15) is 16.1 Å². The Morgan fingerprint density at radius 2 is 2.09 bits per heavy atom. The predicted molar refractivity (Wildman–Crippen MR) is 82.0 cm³/mol. The highest BCUT2D eigenvalue weighted by molar-refractivity contribution is 7.98. The molecular formula is C15H13N3O3S. The number of nitrogens with zero attached hydrogens (tertiary/aromatic N) is 3. The van der Waals surface area contributed by atoms with E-state index in [9.17, 15) is 9.59 Å². The van der Waals surface area contributed by atoms with E-state index in [0.717, 1.165) is 21.1 Å². The molecule has 0 unspecified atom stereocenters. The maximum atomic E-state index is 12.4. The van der Waals surface area contributed by atoms with Crippen LogP contribution >= 0.6 is 11.8 Å². The van der Waals surface area contributed by atoms with Crippen molar-refractivity contribution in [2.75, 3.05) is 12.8 Å². The summed E-state index contributed by atoms with van der Waals surface area (Å²) in [6, 6.07) is 5.53. The van der Waals surface area contributed by atoms with E-state index in [1.165, 1.54) is 11.8 Å². The van der Waals surface area contributed by atoms with Gasteiger partial charge in [0.15, 0.2) is 0 Å². The van der Waals surface area contributed by atoms with Gasteiger partial charge in [-0.15, -0.1) is 11.8 Å². The number of rotatable bonds is 2. The fourth-order valence-corrected chi connectivity index (χ4v) is 3.09. The maximum Gasteiger partial charge on any atom is 0.414 e. The molecule has 22 heavy (non-hydrogen) atoms. The van der Waals surface area contributed by atoms with Crippen molar-refractivity contribution in [1.29, 1.82) is 0 Å². The van der Waals surface area contributed by atoms with Crippen molar-refractivity contribution < 1.29 is 14.7 Å². The lowest BCUT2D eigenvalue weighted by atomic mass is 10.0. The molecule has 2 aromatic rings. The van der Waals surface area contributed by atoms with Crippen molar-refractivity contribution in [2.45, 2.75) is 11.3 Å². The highest BCUT2D eigenvalue weighted by atomic mass is 32.2. The molecule has 1 aliphatic rings. The van der Waals surface area contributed by atoms with Gasteiger partial charge in [0.25, 0.3) is 5.91 Å². The lowest BCUT2D eigenvalue weighted by Gasteiger charge is -2.25. The van der Waals surface area contributed by atoms with Crippen LogP contribution in [0.3, 0.4) is 0 Å². The van der Waals surface area contributed by atoms with Crippen LogP contribution < -0.4 is 0 Å². The summed E-state index contributed by atoms with van der Waals surface area (Å²) in [5.41, 5.74) is 2.74. The van der Waals surface area contributed by atoms with E-state index in [-0.39, 0.29) is 6.54 Å². The van der Waals surface area contributed by atoms with Crippen molar-refractivity contribution in [3.63, 3.8) is 0 Å². The van der Waals surface area contributed by atoms with Crippen LogP contribution in [-0.4, -0.2) is 44.8 Å². The number of amides is 2. The average Bonchev–Trinajstić information content (AvgIpc) is 2.54. The Morgan fingerprint density at radius 3 is 2.73 bits per heavy atom. The summed E-state index contributed by atoms with van der Waals surface area (Å²) in [6.07, 6.45) is 4.44. The van der Waals surface area contributed by atoms with Crippen LogP contribution in [0, 0.1) is 0 Å². The molecular weight excluding hydrogens is 302 g/mol. The van der Waals surface area contributed by atoms with Crippen LogP contribution in [-0.2, 0) is 6.42 Å². The third kappa shape index (κ3) is 2.43. The average molecular weight is 315 g/mol. The molecule has 2 amide bonds. The van der Waals surface area contributed by atoms with Gasteiger partial charge >= 0.3 is 6.09 Å². The minimum absolute atomic E-state index is 0.141. The van der Waals surface area contributed by atoms with Gasteiger partial charge in [0.2, 0.25) is 0 Å². The van der Waals surface area contributed by atoms with E-state index in [0.29, 0.717) is 17.7 Å². The third-order valence-corrected chi connectivity index (χ3v) is 4.28. The lowest BCUT2D eigenvalue weighted by Crippen LogP contribution is -2.41. The molecule has 0 aromatic carbocycles. The molecule has 112 valence electrons. The molecule has 0 spiro atoms. The molecule has 7 heteroatoms. The van der Waals surface area contributed by atoms with Crippen LogP contribution in [0.2, 0.25) is 0 Å². The summed E-state index contributed by atoms with van der Waals surface area (Å²) in [7, 11) is 0. The lowest BCUT2D eigenvalue weighted by molar-refractivity contribution is 0.0721. The summed E-state index contributed by atoms with van der Waals surface area (Å²) in [5, 5.41) is 9.10. The summed E-state index contributed by atoms with van der Waals surface area (Å²) >= 11 is 1.41. The van der Waals surface area contributed by atoms with Gasteiger partial charge in [-0.05, 0) is 24.5 Å². The smallest absolute Gasteiger partial charge is 0.414 e. The Hall–Kier alpha value is -2.41. The molecule has 0 radical (unpaired) electrons. The van der Waals surface area contributed by atoms with Crippen LogP contribution in [0.15, 0.2) is 35.5 Å². The first-order valence-corrected chi connectivity index (χ1v) is 7.87. The number of pyridine rings is 2. The zero-order valence-corrected chi connectivity index (χ0v) is 12.6. The number of hydrogen-bond donors (Lipinski definition) is 1. The number of aromatic nitrogens is 2. The summed E-state index contributed by atoms with van der Waals surface area (Å²) in [6.45, 7) is 0.141. The molecule has 6 nitrogen and oxygen atoms in total. The van der Waals surface area contributed by atoms with Gasteiger partial charge in [-0.2, -0.15) is 0 Å². The second kappa shape index (κ2) is 5.76. The SMILES string of the molecule is CSc1cc(-c2ccncc2)nc2c1C(=O)N(C(=O)O)CC2. The zero-order chi connectivity index (χ0) is 15.7. The van der Waals surface area contributed by atoms with E-state index < -0.39 is 12.0 Å². The number of carbonyl (C=O) groups is 2. The molecule has 1 aliphatic heterocycles. The van der Waals surface area contributed by atoms with Crippen LogP contribution in [0.4, 0.5) is 4.79 Å². The number of carbonyl (C=O) groups excluding carboxylic acids is 1. The predicted octanol–water partition coefficient (Wildman–Crippen LogP) is 2.54. The molecule has 3 rings (SSSR count). The summed E-state index contributed by atoms with van der Waals surface area (Å²) in [4.78, 5) is 33.6. The van der Waals surface area contributed by atoms with Gasteiger partial charge in [0, 0.05) is 35.8 Å². The van der Waals surface area contributed by atoms with Gasteiger partial charge < -0.3 is 5.11 Å².